The Balaban J connectivity index is 2.28. The minimum absolute atomic E-state index is 0.407. The molecule has 1 atom stereocenters. The van der Waals surface area contributed by atoms with Gasteiger partial charge in [-0.1, -0.05) is 12.8 Å². The first-order chi connectivity index (χ1) is 8.22. The first-order valence-electron chi connectivity index (χ1n) is 5.86. The van der Waals surface area contributed by atoms with E-state index in [1.807, 2.05) is 12.3 Å². The van der Waals surface area contributed by atoms with E-state index in [9.17, 15) is 0 Å². The molecular weight excluding hydrogens is 367 g/mol. The van der Waals surface area contributed by atoms with E-state index in [-0.39, 0.29) is 0 Å². The van der Waals surface area contributed by atoms with Crippen LogP contribution in [0.1, 0.15) is 25.7 Å². The number of alkyl halides is 1. The van der Waals surface area contributed by atoms with Crippen molar-refractivity contribution in [2.24, 2.45) is 0 Å². The summed E-state index contributed by atoms with van der Waals surface area (Å²) in [4.78, 5) is 6.86. The third kappa shape index (κ3) is 3.36. The largest absolute Gasteiger partial charge is 0.352 e. The summed E-state index contributed by atoms with van der Waals surface area (Å²) in [6.07, 6.45) is 6.78. The van der Waals surface area contributed by atoms with E-state index in [1.54, 1.807) is 0 Å². The average Bonchev–Trinajstić information content (AvgIpc) is 2.54. The quantitative estimate of drug-likeness (QED) is 0.695. The van der Waals surface area contributed by atoms with Gasteiger partial charge < -0.3 is 4.90 Å². The summed E-state index contributed by atoms with van der Waals surface area (Å²) in [7, 11) is 0. The predicted molar refractivity (Wildman–Crippen MR) is 80.0 cm³/mol. The first kappa shape index (κ1) is 13.6. The minimum atomic E-state index is 0.407. The lowest BCUT2D eigenvalue weighted by Crippen LogP contribution is -2.37. The van der Waals surface area contributed by atoms with E-state index in [4.69, 9.17) is 11.6 Å². The maximum absolute atomic E-state index is 6.09. The highest BCUT2D eigenvalue weighted by molar-refractivity contribution is 9.11. The monoisotopic (exact) mass is 380 g/mol. The lowest BCUT2D eigenvalue weighted by atomic mass is 10.1. The fraction of sp³-hybridized carbons (Fsp3) is 0.583. The highest BCUT2D eigenvalue weighted by Crippen LogP contribution is 2.31. The Hall–Kier alpha value is 0.200. The Morgan fingerprint density at radius 2 is 2.18 bits per heavy atom. The van der Waals surface area contributed by atoms with E-state index < -0.39 is 0 Å². The molecule has 94 valence electrons. The third-order valence-electron chi connectivity index (χ3n) is 3.12. The molecule has 1 saturated heterocycles. The van der Waals surface area contributed by atoms with Gasteiger partial charge in [0.25, 0.3) is 0 Å². The van der Waals surface area contributed by atoms with E-state index >= 15 is 0 Å². The van der Waals surface area contributed by atoms with Gasteiger partial charge in [-0.25, -0.2) is 4.98 Å². The summed E-state index contributed by atoms with van der Waals surface area (Å²) in [5, 5.41) is 0. The number of hydrogen-bond donors (Lipinski definition) is 0. The molecule has 0 aromatic carbocycles. The van der Waals surface area contributed by atoms with Crippen molar-refractivity contribution >= 4 is 49.3 Å². The second-order valence-electron chi connectivity index (χ2n) is 4.31. The van der Waals surface area contributed by atoms with Gasteiger partial charge in [0.1, 0.15) is 5.82 Å². The fourth-order valence-electron chi connectivity index (χ4n) is 2.24. The molecule has 2 rings (SSSR count). The molecule has 0 aliphatic carbocycles. The van der Waals surface area contributed by atoms with Crippen molar-refractivity contribution in [3.8, 4) is 0 Å². The van der Waals surface area contributed by atoms with Crippen LogP contribution in [0.5, 0.6) is 0 Å². The molecule has 0 spiro atoms. The highest BCUT2D eigenvalue weighted by Gasteiger charge is 2.23. The molecule has 1 aromatic rings. The molecule has 0 N–H and O–H groups in total. The Bertz CT molecular complexity index is 387. The summed E-state index contributed by atoms with van der Waals surface area (Å²) < 4.78 is 2.02. The van der Waals surface area contributed by atoms with Gasteiger partial charge in [-0.05, 0) is 50.8 Å². The van der Waals surface area contributed by atoms with Crippen LogP contribution in [-0.2, 0) is 0 Å². The number of rotatable bonds is 2. The molecular formula is C12H15Br2ClN2. The van der Waals surface area contributed by atoms with Crippen molar-refractivity contribution in [2.75, 3.05) is 17.3 Å². The highest BCUT2D eigenvalue weighted by atomic mass is 79.9. The Kier molecular flexibility index (Phi) is 5.12. The van der Waals surface area contributed by atoms with Crippen molar-refractivity contribution in [3.63, 3.8) is 0 Å². The Morgan fingerprint density at radius 3 is 2.88 bits per heavy atom. The number of halogens is 3. The van der Waals surface area contributed by atoms with Crippen LogP contribution >= 0.6 is 43.5 Å². The van der Waals surface area contributed by atoms with Crippen LogP contribution in [0.2, 0.25) is 0 Å². The van der Waals surface area contributed by atoms with Gasteiger partial charge >= 0.3 is 0 Å². The van der Waals surface area contributed by atoms with Crippen LogP contribution in [0.15, 0.2) is 21.2 Å². The average molecular weight is 383 g/mol. The lowest BCUT2D eigenvalue weighted by Gasteiger charge is -2.30. The molecule has 1 aliphatic heterocycles. The molecule has 1 aliphatic rings. The molecule has 2 heterocycles. The standard InChI is InChI=1S/C12H15Br2ClN2/c13-9-6-11(14)12(16-8-9)17-5-3-1-2-4-10(17)7-15/h6,8,10H,1-5,7H2. The van der Waals surface area contributed by atoms with E-state index in [1.165, 1.54) is 19.3 Å². The lowest BCUT2D eigenvalue weighted by molar-refractivity contribution is 0.615. The van der Waals surface area contributed by atoms with Crippen LogP contribution in [0.3, 0.4) is 0 Å². The molecule has 1 aromatic heterocycles. The van der Waals surface area contributed by atoms with Gasteiger partial charge in [-0.3, -0.25) is 0 Å². The zero-order chi connectivity index (χ0) is 12.3. The maximum Gasteiger partial charge on any atom is 0.143 e. The number of anilines is 1. The number of pyridine rings is 1. The summed E-state index contributed by atoms with van der Waals surface area (Å²) in [6, 6.07) is 2.45. The van der Waals surface area contributed by atoms with Crippen LogP contribution in [-0.4, -0.2) is 23.5 Å². The maximum atomic E-state index is 6.09. The van der Waals surface area contributed by atoms with E-state index in [0.29, 0.717) is 11.9 Å². The molecule has 1 unspecified atom stereocenters. The van der Waals surface area contributed by atoms with Gasteiger partial charge in [0.05, 0.1) is 4.47 Å². The normalized spacial score (nSPS) is 21.4. The van der Waals surface area contributed by atoms with Crippen molar-refractivity contribution in [1.29, 1.82) is 0 Å². The van der Waals surface area contributed by atoms with E-state index in [0.717, 1.165) is 27.7 Å². The smallest absolute Gasteiger partial charge is 0.143 e. The summed E-state index contributed by atoms with van der Waals surface area (Å²) in [6.45, 7) is 1.05. The molecule has 0 bridgehead atoms. The summed E-state index contributed by atoms with van der Waals surface area (Å²) in [5.41, 5.74) is 0. The van der Waals surface area contributed by atoms with Crippen LogP contribution in [0.4, 0.5) is 5.82 Å². The van der Waals surface area contributed by atoms with Crippen molar-refractivity contribution in [2.45, 2.75) is 31.7 Å². The van der Waals surface area contributed by atoms with Crippen molar-refractivity contribution < 1.29 is 0 Å². The van der Waals surface area contributed by atoms with Gasteiger partial charge in [0, 0.05) is 29.1 Å². The minimum Gasteiger partial charge on any atom is -0.352 e. The fourth-order valence-corrected chi connectivity index (χ4v) is 3.77. The second-order valence-corrected chi connectivity index (χ2v) is 6.39. The van der Waals surface area contributed by atoms with Gasteiger partial charge in [0.2, 0.25) is 0 Å². The van der Waals surface area contributed by atoms with Gasteiger partial charge in [-0.15, -0.1) is 11.6 Å². The van der Waals surface area contributed by atoms with Crippen LogP contribution < -0.4 is 4.90 Å². The number of aromatic nitrogens is 1. The summed E-state index contributed by atoms with van der Waals surface area (Å²) in [5.74, 6) is 1.69. The van der Waals surface area contributed by atoms with Crippen LogP contribution in [0, 0.1) is 0 Å². The molecule has 2 nitrogen and oxygen atoms in total. The topological polar surface area (TPSA) is 16.1 Å². The zero-order valence-corrected chi connectivity index (χ0v) is 13.4. The third-order valence-corrected chi connectivity index (χ3v) is 4.49. The molecule has 5 heteroatoms. The zero-order valence-electron chi connectivity index (χ0n) is 9.50. The molecule has 0 amide bonds. The van der Waals surface area contributed by atoms with Crippen molar-refractivity contribution in [3.05, 3.63) is 21.2 Å². The molecule has 1 fully saturated rings. The summed E-state index contributed by atoms with van der Waals surface area (Å²) >= 11 is 13.1. The first-order valence-corrected chi connectivity index (χ1v) is 7.98. The predicted octanol–water partition coefficient (Wildman–Crippen LogP) is 4.59. The molecule has 0 radical (unpaired) electrons. The van der Waals surface area contributed by atoms with Crippen LogP contribution in [0.25, 0.3) is 0 Å². The van der Waals surface area contributed by atoms with E-state index in [2.05, 4.69) is 41.7 Å². The number of hydrogen-bond acceptors (Lipinski definition) is 2. The number of nitrogens with zero attached hydrogens (tertiary/aromatic N) is 2. The molecule has 17 heavy (non-hydrogen) atoms. The SMILES string of the molecule is ClCC1CCCCCN1c1ncc(Br)cc1Br. The molecule has 0 saturated carbocycles. The Labute approximate surface area is 124 Å². The van der Waals surface area contributed by atoms with Crippen molar-refractivity contribution in [1.82, 2.24) is 4.98 Å². The Morgan fingerprint density at radius 1 is 1.35 bits per heavy atom. The van der Waals surface area contributed by atoms with Gasteiger partial charge in [-0.2, -0.15) is 0 Å². The second kappa shape index (κ2) is 6.39. The van der Waals surface area contributed by atoms with Gasteiger partial charge in [0.15, 0.2) is 0 Å².